The second-order valence-corrected chi connectivity index (χ2v) is 9.85. The summed E-state index contributed by atoms with van der Waals surface area (Å²) in [6.45, 7) is 2.24. The zero-order valence-electron chi connectivity index (χ0n) is 18.4. The van der Waals surface area contributed by atoms with E-state index in [9.17, 15) is 17.6 Å². The van der Waals surface area contributed by atoms with Gasteiger partial charge in [0, 0.05) is 36.3 Å². The number of amides is 2. The Labute approximate surface area is 196 Å². The quantitative estimate of drug-likeness (QED) is 0.545. The molecule has 1 aromatic heterocycles. The van der Waals surface area contributed by atoms with Crippen LogP contribution in [0.4, 0.5) is 26.5 Å². The number of sulfone groups is 1. The maximum absolute atomic E-state index is 13.0. The van der Waals surface area contributed by atoms with E-state index in [2.05, 4.69) is 25.6 Å². The van der Waals surface area contributed by atoms with E-state index >= 15 is 0 Å². The van der Waals surface area contributed by atoms with Gasteiger partial charge in [0.1, 0.15) is 17.4 Å². The summed E-state index contributed by atoms with van der Waals surface area (Å²) in [6.07, 6.45) is 1.13. The number of carbonyl (C=O) groups is 1. The van der Waals surface area contributed by atoms with Crippen LogP contribution < -0.4 is 15.5 Å². The van der Waals surface area contributed by atoms with Crippen molar-refractivity contribution < 1.29 is 22.3 Å². The maximum atomic E-state index is 13.0. The highest BCUT2D eigenvalue weighted by molar-refractivity contribution is 7.89. The van der Waals surface area contributed by atoms with Crippen molar-refractivity contribution >= 4 is 33.2 Å². The van der Waals surface area contributed by atoms with Crippen molar-refractivity contribution in [3.63, 3.8) is 0 Å². The monoisotopic (exact) mass is 486 g/mol. The van der Waals surface area contributed by atoms with Gasteiger partial charge in [0.05, 0.1) is 13.2 Å². The molecule has 0 saturated carbocycles. The average molecular weight is 487 g/mol. The van der Waals surface area contributed by atoms with Crippen LogP contribution in [0.25, 0.3) is 11.4 Å². The SMILES string of the molecule is CS(=O)(=O)Cc1nc(-c2ccc(NC(=O)Nc3ccc(F)cc3)cc2)nc(N2CCOCC2)n1. The Morgan fingerprint density at radius 3 is 2.15 bits per heavy atom. The first-order chi connectivity index (χ1) is 16.2. The molecule has 1 aliphatic rings. The number of nitrogens with one attached hydrogen (secondary N) is 2. The van der Waals surface area contributed by atoms with Crippen molar-refractivity contribution in [3.8, 4) is 11.4 Å². The normalized spacial score (nSPS) is 14.0. The van der Waals surface area contributed by atoms with E-state index in [4.69, 9.17) is 4.74 Å². The molecule has 2 heterocycles. The second-order valence-electron chi connectivity index (χ2n) is 7.71. The fraction of sp³-hybridized carbons (Fsp3) is 0.273. The Kier molecular flexibility index (Phi) is 6.98. The highest BCUT2D eigenvalue weighted by atomic mass is 32.2. The van der Waals surface area contributed by atoms with Crippen molar-refractivity contribution in [1.29, 1.82) is 0 Å². The van der Waals surface area contributed by atoms with Crippen LogP contribution in [0.5, 0.6) is 0 Å². The average Bonchev–Trinajstić information content (AvgIpc) is 2.80. The molecule has 1 fully saturated rings. The highest BCUT2D eigenvalue weighted by Crippen LogP contribution is 2.22. The van der Waals surface area contributed by atoms with E-state index in [-0.39, 0.29) is 11.6 Å². The fourth-order valence-electron chi connectivity index (χ4n) is 3.27. The third-order valence-electron chi connectivity index (χ3n) is 4.86. The van der Waals surface area contributed by atoms with Gasteiger partial charge in [-0.15, -0.1) is 0 Å². The van der Waals surface area contributed by atoms with Crippen molar-refractivity contribution in [3.05, 3.63) is 60.2 Å². The lowest BCUT2D eigenvalue weighted by Gasteiger charge is -2.27. The Balaban J connectivity index is 1.52. The van der Waals surface area contributed by atoms with E-state index in [0.29, 0.717) is 55.0 Å². The number of hydrogen-bond donors (Lipinski definition) is 2. The van der Waals surface area contributed by atoms with Gasteiger partial charge in [0.15, 0.2) is 15.7 Å². The first-order valence-electron chi connectivity index (χ1n) is 10.4. The first kappa shape index (κ1) is 23.5. The van der Waals surface area contributed by atoms with Gasteiger partial charge in [0.25, 0.3) is 0 Å². The molecule has 0 unspecified atom stereocenters. The van der Waals surface area contributed by atoms with Crippen molar-refractivity contribution in [2.75, 3.05) is 48.1 Å². The Hall–Kier alpha value is -3.64. The van der Waals surface area contributed by atoms with E-state index in [0.717, 1.165) is 6.26 Å². The number of hydrogen-bond acceptors (Lipinski definition) is 8. The number of aromatic nitrogens is 3. The highest BCUT2D eigenvalue weighted by Gasteiger charge is 2.19. The minimum absolute atomic E-state index is 0.162. The van der Waals surface area contributed by atoms with Crippen LogP contribution in [0, 0.1) is 5.82 Å². The molecule has 10 nitrogen and oxygen atoms in total. The summed E-state index contributed by atoms with van der Waals surface area (Å²) >= 11 is 0. The number of urea groups is 1. The van der Waals surface area contributed by atoms with Gasteiger partial charge in [-0.05, 0) is 48.5 Å². The summed E-state index contributed by atoms with van der Waals surface area (Å²) < 4.78 is 42.0. The second kappa shape index (κ2) is 10.1. The minimum atomic E-state index is -3.34. The number of morpholine rings is 1. The minimum Gasteiger partial charge on any atom is -0.378 e. The standard InChI is InChI=1S/C22H23FN6O4S/c1-34(31,32)14-19-26-20(28-21(27-19)29-10-12-33-13-11-29)15-2-6-17(7-3-15)24-22(30)25-18-8-4-16(23)5-9-18/h2-9H,10-14H2,1H3,(H2,24,25,30). The van der Waals surface area contributed by atoms with Gasteiger partial charge in [-0.2, -0.15) is 9.97 Å². The maximum Gasteiger partial charge on any atom is 0.323 e. The number of benzene rings is 2. The van der Waals surface area contributed by atoms with Crippen LogP contribution in [0.1, 0.15) is 5.82 Å². The number of carbonyl (C=O) groups excluding carboxylic acids is 1. The molecule has 2 N–H and O–H groups in total. The molecule has 178 valence electrons. The molecule has 1 saturated heterocycles. The smallest absolute Gasteiger partial charge is 0.323 e. The van der Waals surface area contributed by atoms with Crippen LogP contribution in [-0.4, -0.2) is 62.0 Å². The van der Waals surface area contributed by atoms with E-state index in [1.807, 2.05) is 4.90 Å². The van der Waals surface area contributed by atoms with Gasteiger partial charge in [0.2, 0.25) is 5.95 Å². The lowest BCUT2D eigenvalue weighted by Crippen LogP contribution is -2.37. The number of rotatable bonds is 6. The summed E-state index contributed by atoms with van der Waals surface area (Å²) in [4.78, 5) is 27.4. The Morgan fingerprint density at radius 1 is 0.971 bits per heavy atom. The molecular weight excluding hydrogens is 463 g/mol. The summed E-state index contributed by atoms with van der Waals surface area (Å²) in [6, 6.07) is 11.7. The Bertz CT molecular complexity index is 1260. The topological polar surface area (TPSA) is 126 Å². The molecule has 4 rings (SSSR count). The molecule has 0 atom stereocenters. The van der Waals surface area contributed by atoms with Gasteiger partial charge in [-0.3, -0.25) is 0 Å². The van der Waals surface area contributed by atoms with Crippen LogP contribution >= 0.6 is 0 Å². The summed E-state index contributed by atoms with van der Waals surface area (Å²) in [5, 5.41) is 5.31. The molecular formula is C22H23FN6O4S. The predicted octanol–water partition coefficient (Wildman–Crippen LogP) is 2.70. The third-order valence-corrected chi connectivity index (χ3v) is 5.64. The number of halogens is 1. The molecule has 0 radical (unpaired) electrons. The number of nitrogens with zero attached hydrogens (tertiary/aromatic N) is 4. The van der Waals surface area contributed by atoms with Crippen LogP contribution in [0.2, 0.25) is 0 Å². The largest absolute Gasteiger partial charge is 0.378 e. The van der Waals surface area contributed by atoms with Crippen LogP contribution in [0.15, 0.2) is 48.5 Å². The van der Waals surface area contributed by atoms with Crippen molar-refractivity contribution in [2.24, 2.45) is 0 Å². The van der Waals surface area contributed by atoms with Gasteiger partial charge < -0.3 is 20.3 Å². The van der Waals surface area contributed by atoms with E-state index in [1.54, 1.807) is 24.3 Å². The summed E-state index contributed by atoms with van der Waals surface area (Å²) in [5.41, 5.74) is 1.60. The zero-order chi connectivity index (χ0) is 24.1. The molecule has 0 bridgehead atoms. The Morgan fingerprint density at radius 2 is 1.56 bits per heavy atom. The number of ether oxygens (including phenoxy) is 1. The van der Waals surface area contributed by atoms with Crippen LogP contribution in [-0.2, 0) is 20.3 Å². The molecule has 3 aromatic rings. The lowest BCUT2D eigenvalue weighted by molar-refractivity contribution is 0.122. The fourth-order valence-corrected chi connectivity index (χ4v) is 3.87. The van der Waals surface area contributed by atoms with Gasteiger partial charge in [-0.25, -0.2) is 22.6 Å². The summed E-state index contributed by atoms with van der Waals surface area (Å²) in [5.74, 6) is 0.194. The van der Waals surface area contributed by atoms with Crippen molar-refractivity contribution in [1.82, 2.24) is 15.0 Å². The third kappa shape index (κ3) is 6.45. The molecule has 34 heavy (non-hydrogen) atoms. The zero-order valence-corrected chi connectivity index (χ0v) is 19.2. The predicted molar refractivity (Wildman–Crippen MR) is 126 cm³/mol. The molecule has 0 aliphatic carbocycles. The molecule has 2 amide bonds. The lowest BCUT2D eigenvalue weighted by atomic mass is 10.2. The first-order valence-corrected chi connectivity index (χ1v) is 12.5. The van der Waals surface area contributed by atoms with Gasteiger partial charge >= 0.3 is 6.03 Å². The van der Waals surface area contributed by atoms with Crippen LogP contribution in [0.3, 0.4) is 0 Å². The van der Waals surface area contributed by atoms with Gasteiger partial charge in [-0.1, -0.05) is 0 Å². The molecule has 0 spiro atoms. The molecule has 1 aliphatic heterocycles. The van der Waals surface area contributed by atoms with E-state index in [1.165, 1.54) is 24.3 Å². The van der Waals surface area contributed by atoms with Crippen molar-refractivity contribution in [2.45, 2.75) is 5.75 Å². The van der Waals surface area contributed by atoms with E-state index < -0.39 is 21.7 Å². The summed E-state index contributed by atoms with van der Waals surface area (Å²) in [7, 11) is -3.34. The molecule has 2 aromatic carbocycles. The number of anilines is 3. The molecule has 12 heteroatoms.